The molecule has 0 aromatic carbocycles. The van der Waals surface area contributed by atoms with Crippen LogP contribution >= 0.6 is 0 Å². The van der Waals surface area contributed by atoms with Crippen LogP contribution in [0.5, 0.6) is 0 Å². The zero-order valence-electron chi connectivity index (χ0n) is 10.6. The molecular weight excluding hydrogens is 260 g/mol. The van der Waals surface area contributed by atoms with Gasteiger partial charge in [0.05, 0.1) is 20.3 Å². The van der Waals surface area contributed by atoms with Crippen LogP contribution in [0.4, 0.5) is 14.6 Å². The van der Waals surface area contributed by atoms with E-state index in [-0.39, 0.29) is 24.8 Å². The first-order valence-electron chi connectivity index (χ1n) is 5.56. The lowest BCUT2D eigenvalue weighted by atomic mass is 10.3. The third-order valence-electron chi connectivity index (χ3n) is 2.26. The lowest BCUT2D eigenvalue weighted by Crippen LogP contribution is -2.33. The van der Waals surface area contributed by atoms with Crippen LogP contribution in [0.25, 0.3) is 0 Å². The molecule has 6 nitrogen and oxygen atoms in total. The molecule has 0 spiro atoms. The first-order valence-corrected chi connectivity index (χ1v) is 5.56. The van der Waals surface area contributed by atoms with Crippen LogP contribution in [0.3, 0.4) is 0 Å². The molecule has 1 heterocycles. The van der Waals surface area contributed by atoms with Gasteiger partial charge >= 0.3 is 5.97 Å². The Bertz CT molecular complexity index is 443. The Kier molecular flexibility index (Phi) is 5.56. The summed E-state index contributed by atoms with van der Waals surface area (Å²) in [5, 5.41) is 8.88. The number of methoxy groups -OCH3 is 1. The third-order valence-corrected chi connectivity index (χ3v) is 2.26. The second kappa shape index (κ2) is 6.93. The number of esters is 1. The minimum absolute atomic E-state index is 0.0125. The maximum absolute atomic E-state index is 12.5. The highest BCUT2D eigenvalue weighted by Gasteiger charge is 2.17. The maximum atomic E-state index is 12.5. The standard InChI is InChI=1S/C11H15F2N3O3/c1-7-5-9(15-10(14-7)11(18)19-2)16(3-4-17)6-8(12)13/h5,8,17H,3-4,6H2,1-2H3. The topological polar surface area (TPSA) is 75.5 Å². The van der Waals surface area contributed by atoms with E-state index >= 15 is 0 Å². The summed E-state index contributed by atoms with van der Waals surface area (Å²) in [6.45, 7) is 0.708. The number of anilines is 1. The van der Waals surface area contributed by atoms with Crippen LogP contribution in [-0.4, -0.2) is 54.3 Å². The monoisotopic (exact) mass is 275 g/mol. The number of ether oxygens (including phenoxy) is 1. The van der Waals surface area contributed by atoms with Crippen molar-refractivity contribution < 1.29 is 23.4 Å². The molecule has 0 saturated heterocycles. The van der Waals surface area contributed by atoms with Gasteiger partial charge in [-0.05, 0) is 6.92 Å². The summed E-state index contributed by atoms with van der Waals surface area (Å²) in [5.74, 6) is -0.789. The van der Waals surface area contributed by atoms with Crippen molar-refractivity contribution in [2.75, 3.05) is 31.7 Å². The van der Waals surface area contributed by atoms with E-state index in [1.807, 2.05) is 0 Å². The number of alkyl halides is 2. The maximum Gasteiger partial charge on any atom is 0.376 e. The van der Waals surface area contributed by atoms with Crippen molar-refractivity contribution in [2.45, 2.75) is 13.3 Å². The molecule has 0 radical (unpaired) electrons. The summed E-state index contributed by atoms with van der Waals surface area (Å²) in [5.41, 5.74) is 0.447. The predicted octanol–water partition coefficient (Wildman–Crippen LogP) is 0.635. The average molecular weight is 275 g/mol. The molecule has 1 rings (SSSR count). The van der Waals surface area contributed by atoms with E-state index in [9.17, 15) is 13.6 Å². The van der Waals surface area contributed by atoms with Gasteiger partial charge < -0.3 is 14.7 Å². The van der Waals surface area contributed by atoms with Gasteiger partial charge in [-0.1, -0.05) is 0 Å². The molecule has 0 aliphatic rings. The second-order valence-corrected chi connectivity index (χ2v) is 3.74. The van der Waals surface area contributed by atoms with E-state index in [1.54, 1.807) is 6.92 Å². The summed E-state index contributed by atoms with van der Waals surface area (Å²) in [6.07, 6.45) is -2.58. The van der Waals surface area contributed by atoms with Crippen LogP contribution in [0.2, 0.25) is 0 Å². The number of rotatable bonds is 6. The fourth-order valence-electron chi connectivity index (χ4n) is 1.48. The molecule has 0 unspecified atom stereocenters. The molecular formula is C11H15F2N3O3. The fourth-order valence-corrected chi connectivity index (χ4v) is 1.48. The van der Waals surface area contributed by atoms with Crippen LogP contribution in [0.1, 0.15) is 16.3 Å². The molecule has 0 fully saturated rings. The van der Waals surface area contributed by atoms with Crippen molar-refractivity contribution in [3.63, 3.8) is 0 Å². The lowest BCUT2D eigenvalue weighted by molar-refractivity contribution is 0.0586. The number of hydrogen-bond acceptors (Lipinski definition) is 6. The van der Waals surface area contributed by atoms with Crippen molar-refractivity contribution in [2.24, 2.45) is 0 Å². The van der Waals surface area contributed by atoms with Gasteiger partial charge in [0, 0.05) is 18.3 Å². The molecule has 8 heteroatoms. The number of aromatic nitrogens is 2. The van der Waals surface area contributed by atoms with Gasteiger partial charge in [0.15, 0.2) is 0 Å². The second-order valence-electron chi connectivity index (χ2n) is 3.74. The molecule has 1 aromatic rings. The molecule has 1 N–H and O–H groups in total. The van der Waals surface area contributed by atoms with Crippen LogP contribution in [0.15, 0.2) is 6.07 Å². The van der Waals surface area contributed by atoms with Gasteiger partial charge in [0.2, 0.25) is 5.82 Å². The average Bonchev–Trinajstić information content (AvgIpc) is 2.36. The van der Waals surface area contributed by atoms with E-state index in [1.165, 1.54) is 18.1 Å². The summed E-state index contributed by atoms with van der Waals surface area (Å²) in [4.78, 5) is 20.3. The Hall–Kier alpha value is -1.83. The molecule has 0 aliphatic heterocycles. The number of carbonyl (C=O) groups is 1. The van der Waals surface area contributed by atoms with Gasteiger partial charge in [-0.15, -0.1) is 0 Å². The van der Waals surface area contributed by atoms with Crippen LogP contribution in [-0.2, 0) is 4.74 Å². The minimum Gasteiger partial charge on any atom is -0.463 e. The number of nitrogens with zero attached hydrogens (tertiary/aromatic N) is 3. The molecule has 0 aliphatic carbocycles. The van der Waals surface area contributed by atoms with E-state index in [0.29, 0.717) is 5.69 Å². The number of aryl methyl sites for hydroxylation is 1. The SMILES string of the molecule is COC(=O)c1nc(C)cc(N(CCO)CC(F)F)n1. The Morgan fingerprint density at radius 3 is 2.74 bits per heavy atom. The highest BCUT2D eigenvalue weighted by atomic mass is 19.3. The largest absolute Gasteiger partial charge is 0.463 e. The Morgan fingerprint density at radius 2 is 2.21 bits per heavy atom. The number of halogens is 2. The third kappa shape index (κ3) is 4.40. The van der Waals surface area contributed by atoms with Crippen molar-refractivity contribution >= 4 is 11.8 Å². The Balaban J connectivity index is 3.08. The summed E-state index contributed by atoms with van der Waals surface area (Å²) in [6, 6.07) is 1.46. The smallest absolute Gasteiger partial charge is 0.376 e. The molecule has 19 heavy (non-hydrogen) atoms. The van der Waals surface area contributed by atoms with Crippen molar-refractivity contribution in [1.82, 2.24) is 9.97 Å². The molecule has 1 aromatic heterocycles. The van der Waals surface area contributed by atoms with Crippen LogP contribution in [0, 0.1) is 6.92 Å². The summed E-state index contributed by atoms with van der Waals surface area (Å²) < 4.78 is 29.4. The fraction of sp³-hybridized carbons (Fsp3) is 0.545. The zero-order valence-corrected chi connectivity index (χ0v) is 10.6. The Labute approximate surface area is 109 Å². The van der Waals surface area contributed by atoms with Gasteiger partial charge in [-0.3, -0.25) is 0 Å². The number of hydrogen-bond donors (Lipinski definition) is 1. The van der Waals surface area contributed by atoms with Gasteiger partial charge in [-0.25, -0.2) is 23.5 Å². The van der Waals surface area contributed by atoms with Crippen LogP contribution < -0.4 is 4.90 Å². The molecule has 106 valence electrons. The first kappa shape index (κ1) is 15.2. The minimum atomic E-state index is -2.58. The van der Waals surface area contributed by atoms with E-state index < -0.39 is 18.9 Å². The van der Waals surface area contributed by atoms with Crippen molar-refractivity contribution in [1.29, 1.82) is 0 Å². The van der Waals surface area contributed by atoms with Gasteiger partial charge in [0.1, 0.15) is 5.82 Å². The molecule has 0 saturated carbocycles. The van der Waals surface area contributed by atoms with Gasteiger partial charge in [-0.2, -0.15) is 0 Å². The van der Waals surface area contributed by atoms with E-state index in [2.05, 4.69) is 14.7 Å². The number of aliphatic hydroxyl groups is 1. The molecule has 0 amide bonds. The molecule has 0 atom stereocenters. The number of carbonyl (C=O) groups excluding carboxylic acids is 1. The lowest BCUT2D eigenvalue weighted by Gasteiger charge is -2.22. The van der Waals surface area contributed by atoms with Crippen molar-refractivity contribution in [3.8, 4) is 0 Å². The highest BCUT2D eigenvalue weighted by molar-refractivity contribution is 5.85. The van der Waals surface area contributed by atoms with Crippen molar-refractivity contribution in [3.05, 3.63) is 17.6 Å². The van der Waals surface area contributed by atoms with E-state index in [4.69, 9.17) is 5.11 Å². The predicted molar refractivity (Wildman–Crippen MR) is 63.4 cm³/mol. The zero-order chi connectivity index (χ0) is 14.4. The summed E-state index contributed by atoms with van der Waals surface area (Å²) in [7, 11) is 1.18. The quantitative estimate of drug-likeness (QED) is 0.768. The normalized spacial score (nSPS) is 10.6. The van der Waals surface area contributed by atoms with E-state index in [0.717, 1.165) is 0 Å². The summed E-state index contributed by atoms with van der Waals surface area (Å²) >= 11 is 0. The first-order chi connectivity index (χ1) is 8.97. The molecule has 0 bridgehead atoms. The van der Waals surface area contributed by atoms with Gasteiger partial charge in [0.25, 0.3) is 6.43 Å². The highest BCUT2D eigenvalue weighted by Crippen LogP contribution is 2.14. The number of aliphatic hydroxyl groups excluding tert-OH is 1. The Morgan fingerprint density at radius 1 is 1.53 bits per heavy atom.